The Labute approximate surface area is 102 Å². The second-order valence-corrected chi connectivity index (χ2v) is 3.75. The number of nitrogens with one attached hydrogen (secondary N) is 2. The Bertz CT molecular complexity index is 622. The first kappa shape index (κ1) is 12.0. The predicted molar refractivity (Wildman–Crippen MR) is 64.6 cm³/mol. The summed E-state index contributed by atoms with van der Waals surface area (Å²) < 4.78 is 12.9. The molecule has 2 aromatic rings. The number of benzene rings is 1. The van der Waals surface area contributed by atoms with E-state index in [1.807, 2.05) is 0 Å². The lowest BCUT2D eigenvalue weighted by Gasteiger charge is -2.05. The van der Waals surface area contributed by atoms with Crippen molar-refractivity contribution in [2.45, 2.75) is 6.54 Å². The number of aromatic nitrogens is 1. The molecule has 2 N–H and O–H groups in total. The highest BCUT2D eigenvalue weighted by Gasteiger charge is 2.05. The molecule has 5 heteroatoms. The van der Waals surface area contributed by atoms with Crippen LogP contribution in [0.5, 0.6) is 0 Å². The Morgan fingerprint density at radius 2 is 2.11 bits per heavy atom. The van der Waals surface area contributed by atoms with Crippen LogP contribution in [-0.2, 0) is 6.54 Å². The molecule has 0 fully saturated rings. The van der Waals surface area contributed by atoms with E-state index in [4.69, 9.17) is 0 Å². The zero-order chi connectivity index (χ0) is 13.0. The number of H-pyrrole nitrogens is 1. The number of carbonyl (C=O) groups excluding carboxylic acids is 1. The molecule has 0 aliphatic rings. The molecule has 18 heavy (non-hydrogen) atoms. The molecule has 92 valence electrons. The van der Waals surface area contributed by atoms with Crippen LogP contribution < -0.4 is 10.9 Å². The molecule has 0 unspecified atom stereocenters. The van der Waals surface area contributed by atoms with Crippen LogP contribution in [-0.4, -0.2) is 10.9 Å². The highest BCUT2D eigenvalue weighted by Crippen LogP contribution is 2.03. The number of amides is 1. The molecule has 1 heterocycles. The van der Waals surface area contributed by atoms with Gasteiger partial charge in [0.1, 0.15) is 5.82 Å². The first-order valence-corrected chi connectivity index (χ1v) is 5.36. The molecular formula is C13H11FN2O2. The molecule has 0 aliphatic carbocycles. The van der Waals surface area contributed by atoms with Crippen molar-refractivity contribution >= 4 is 5.91 Å². The van der Waals surface area contributed by atoms with Crippen molar-refractivity contribution in [2.24, 2.45) is 0 Å². The van der Waals surface area contributed by atoms with Gasteiger partial charge >= 0.3 is 0 Å². The molecule has 0 aliphatic heterocycles. The van der Waals surface area contributed by atoms with E-state index in [0.29, 0.717) is 5.56 Å². The van der Waals surface area contributed by atoms with Crippen LogP contribution in [0.4, 0.5) is 4.39 Å². The minimum absolute atomic E-state index is 0.212. The predicted octanol–water partition coefficient (Wildman–Crippen LogP) is 1.44. The molecule has 0 saturated carbocycles. The van der Waals surface area contributed by atoms with Crippen molar-refractivity contribution in [2.75, 3.05) is 0 Å². The van der Waals surface area contributed by atoms with Gasteiger partial charge in [-0.15, -0.1) is 0 Å². The van der Waals surface area contributed by atoms with Crippen molar-refractivity contribution in [3.8, 4) is 0 Å². The van der Waals surface area contributed by atoms with Crippen molar-refractivity contribution in [3.05, 3.63) is 69.9 Å². The van der Waals surface area contributed by atoms with Crippen molar-refractivity contribution in [3.63, 3.8) is 0 Å². The Morgan fingerprint density at radius 1 is 1.28 bits per heavy atom. The Kier molecular flexibility index (Phi) is 3.52. The third-order valence-electron chi connectivity index (χ3n) is 2.38. The number of hydrogen-bond acceptors (Lipinski definition) is 2. The maximum atomic E-state index is 12.9. The van der Waals surface area contributed by atoms with E-state index in [0.717, 1.165) is 0 Å². The van der Waals surface area contributed by atoms with Crippen LogP contribution in [0.2, 0.25) is 0 Å². The average molecular weight is 246 g/mol. The second kappa shape index (κ2) is 5.27. The fourth-order valence-electron chi connectivity index (χ4n) is 1.52. The van der Waals surface area contributed by atoms with Gasteiger partial charge in [0.2, 0.25) is 5.56 Å². The number of halogens is 1. The summed E-state index contributed by atoms with van der Waals surface area (Å²) in [6.07, 6.45) is 1.40. The fourth-order valence-corrected chi connectivity index (χ4v) is 1.52. The number of pyridine rings is 1. The lowest BCUT2D eigenvalue weighted by molar-refractivity contribution is 0.0950. The molecule has 0 saturated heterocycles. The standard InChI is InChI=1S/C13H11FN2O2/c14-11-3-1-2-9(6-11)8-16-13(18)10-4-5-15-12(17)7-10/h1-7H,8H2,(H,15,17)(H,16,18). The first-order chi connectivity index (χ1) is 8.65. The molecule has 2 rings (SSSR count). The van der Waals surface area contributed by atoms with Gasteiger partial charge in [-0.25, -0.2) is 4.39 Å². The molecule has 0 bridgehead atoms. The van der Waals surface area contributed by atoms with E-state index in [2.05, 4.69) is 10.3 Å². The van der Waals surface area contributed by atoms with Crippen LogP contribution in [0.25, 0.3) is 0 Å². The van der Waals surface area contributed by atoms with E-state index < -0.39 is 0 Å². The van der Waals surface area contributed by atoms with Gasteiger partial charge in [0.25, 0.3) is 5.91 Å². The summed E-state index contributed by atoms with van der Waals surface area (Å²) in [5.41, 5.74) is 0.594. The fraction of sp³-hybridized carbons (Fsp3) is 0.0769. The minimum atomic E-state index is -0.370. The molecule has 1 amide bonds. The summed E-state index contributed by atoms with van der Waals surface area (Å²) in [5.74, 6) is -0.719. The molecule has 0 atom stereocenters. The van der Waals surface area contributed by atoms with Crippen molar-refractivity contribution in [1.82, 2.24) is 10.3 Å². The van der Waals surface area contributed by atoms with Gasteiger partial charge in [-0.05, 0) is 23.8 Å². The maximum Gasteiger partial charge on any atom is 0.251 e. The van der Waals surface area contributed by atoms with Gasteiger partial charge in [0.15, 0.2) is 0 Å². The molecule has 0 radical (unpaired) electrons. The van der Waals surface area contributed by atoms with E-state index >= 15 is 0 Å². The summed E-state index contributed by atoms with van der Waals surface area (Å²) in [6.45, 7) is 0.212. The molecule has 1 aromatic heterocycles. The lowest BCUT2D eigenvalue weighted by Crippen LogP contribution is -2.24. The highest BCUT2D eigenvalue weighted by molar-refractivity contribution is 5.93. The normalized spacial score (nSPS) is 10.1. The zero-order valence-electron chi connectivity index (χ0n) is 9.44. The number of aromatic amines is 1. The quantitative estimate of drug-likeness (QED) is 0.860. The zero-order valence-corrected chi connectivity index (χ0v) is 9.44. The monoisotopic (exact) mass is 246 g/mol. The average Bonchev–Trinajstić information content (AvgIpc) is 2.36. The Morgan fingerprint density at radius 3 is 2.83 bits per heavy atom. The second-order valence-electron chi connectivity index (χ2n) is 3.75. The third-order valence-corrected chi connectivity index (χ3v) is 2.38. The lowest BCUT2D eigenvalue weighted by atomic mass is 10.2. The van der Waals surface area contributed by atoms with Crippen LogP contribution in [0, 0.1) is 5.82 Å². The van der Waals surface area contributed by atoms with E-state index in [1.54, 1.807) is 12.1 Å². The van der Waals surface area contributed by atoms with Crippen LogP contribution in [0.15, 0.2) is 47.4 Å². The number of hydrogen-bond donors (Lipinski definition) is 2. The maximum absolute atomic E-state index is 12.9. The topological polar surface area (TPSA) is 62.0 Å². The number of carbonyl (C=O) groups is 1. The Hall–Kier alpha value is -2.43. The summed E-state index contributed by atoms with van der Waals surface area (Å²) in [5, 5.41) is 2.61. The number of rotatable bonds is 3. The first-order valence-electron chi connectivity index (χ1n) is 5.36. The van der Waals surface area contributed by atoms with Crippen molar-refractivity contribution < 1.29 is 9.18 Å². The summed E-state index contributed by atoms with van der Waals surface area (Å²) >= 11 is 0. The van der Waals surface area contributed by atoms with Gasteiger partial charge in [0.05, 0.1) is 0 Å². The van der Waals surface area contributed by atoms with Gasteiger partial charge in [0, 0.05) is 24.4 Å². The minimum Gasteiger partial charge on any atom is -0.348 e. The molecule has 4 nitrogen and oxygen atoms in total. The van der Waals surface area contributed by atoms with E-state index in [9.17, 15) is 14.0 Å². The van der Waals surface area contributed by atoms with Gasteiger partial charge in [-0.1, -0.05) is 12.1 Å². The summed E-state index contributed by atoms with van der Waals surface area (Å²) in [7, 11) is 0. The van der Waals surface area contributed by atoms with Gasteiger partial charge < -0.3 is 10.3 Å². The van der Waals surface area contributed by atoms with E-state index in [1.165, 1.54) is 30.5 Å². The smallest absolute Gasteiger partial charge is 0.251 e. The Balaban J connectivity index is 2.03. The van der Waals surface area contributed by atoms with Crippen molar-refractivity contribution in [1.29, 1.82) is 0 Å². The van der Waals surface area contributed by atoms with E-state index in [-0.39, 0.29) is 29.4 Å². The largest absolute Gasteiger partial charge is 0.348 e. The summed E-state index contributed by atoms with van der Waals surface area (Å²) in [6, 6.07) is 8.68. The molecule has 1 aromatic carbocycles. The SMILES string of the molecule is O=C(NCc1cccc(F)c1)c1cc[nH]c(=O)c1. The summed E-state index contributed by atoms with van der Waals surface area (Å²) in [4.78, 5) is 25.1. The van der Waals surface area contributed by atoms with Crippen LogP contribution in [0.3, 0.4) is 0 Å². The van der Waals surface area contributed by atoms with Crippen LogP contribution in [0.1, 0.15) is 15.9 Å². The van der Waals surface area contributed by atoms with Crippen LogP contribution >= 0.6 is 0 Å². The molecule has 0 spiro atoms. The van der Waals surface area contributed by atoms with Gasteiger partial charge in [-0.3, -0.25) is 9.59 Å². The molecular weight excluding hydrogens is 235 g/mol. The third kappa shape index (κ3) is 3.04. The van der Waals surface area contributed by atoms with Gasteiger partial charge in [-0.2, -0.15) is 0 Å². The highest BCUT2D eigenvalue weighted by atomic mass is 19.1.